The molecule has 4 heteroatoms. The molecule has 0 atom stereocenters. The van der Waals surface area contributed by atoms with Crippen molar-refractivity contribution in [1.29, 1.82) is 0 Å². The van der Waals surface area contributed by atoms with E-state index >= 15 is 0 Å². The van der Waals surface area contributed by atoms with Gasteiger partial charge in [0.2, 0.25) is 0 Å². The number of hydrogen-bond acceptors (Lipinski definition) is 4. The first-order valence-electron chi connectivity index (χ1n) is 6.45. The van der Waals surface area contributed by atoms with Gasteiger partial charge in [0.1, 0.15) is 5.82 Å². The van der Waals surface area contributed by atoms with Gasteiger partial charge in [0, 0.05) is 19.2 Å². The fourth-order valence-electron chi connectivity index (χ4n) is 1.98. The van der Waals surface area contributed by atoms with Crippen molar-refractivity contribution in [1.82, 2.24) is 4.98 Å². The van der Waals surface area contributed by atoms with Crippen LogP contribution in [-0.4, -0.2) is 18.2 Å². The molecule has 98 valence electrons. The van der Waals surface area contributed by atoms with Gasteiger partial charge in [0.25, 0.3) is 0 Å². The van der Waals surface area contributed by atoms with Crippen molar-refractivity contribution in [2.45, 2.75) is 13.0 Å². The molecule has 1 aliphatic heterocycles. The lowest BCUT2D eigenvalue weighted by Crippen LogP contribution is -2.01. The number of nitrogens with one attached hydrogen (secondary N) is 1. The number of benzene rings is 1. The summed E-state index contributed by atoms with van der Waals surface area (Å²) in [6.45, 7) is 2.15. The molecule has 1 N–H and O–H groups in total. The minimum atomic E-state index is 0.712. The van der Waals surface area contributed by atoms with E-state index in [4.69, 9.17) is 9.47 Å². The van der Waals surface area contributed by atoms with Gasteiger partial charge in [-0.3, -0.25) is 0 Å². The average molecular weight is 256 g/mol. The molecule has 1 aromatic carbocycles. The van der Waals surface area contributed by atoms with Gasteiger partial charge < -0.3 is 14.8 Å². The second kappa shape index (κ2) is 5.61. The van der Waals surface area contributed by atoms with Crippen LogP contribution in [0.4, 0.5) is 5.82 Å². The van der Waals surface area contributed by atoms with Gasteiger partial charge in [-0.2, -0.15) is 0 Å². The molecule has 0 aliphatic carbocycles. The van der Waals surface area contributed by atoms with E-state index in [0.29, 0.717) is 13.2 Å². The Hall–Kier alpha value is -2.23. The molecule has 0 fully saturated rings. The third-order valence-electron chi connectivity index (χ3n) is 2.95. The fraction of sp³-hybridized carbons (Fsp3) is 0.267. The van der Waals surface area contributed by atoms with Crippen LogP contribution < -0.4 is 14.8 Å². The number of pyridine rings is 1. The summed E-state index contributed by atoms with van der Waals surface area (Å²) in [5, 5.41) is 3.28. The first-order chi connectivity index (χ1) is 9.42. The Kier molecular flexibility index (Phi) is 3.49. The third kappa shape index (κ3) is 2.96. The second-order valence-electron chi connectivity index (χ2n) is 4.40. The topological polar surface area (TPSA) is 43.4 Å². The summed E-state index contributed by atoms with van der Waals surface area (Å²) < 4.78 is 11.3. The minimum Gasteiger partial charge on any atom is -0.490 e. The van der Waals surface area contributed by atoms with E-state index < -0.39 is 0 Å². The maximum absolute atomic E-state index is 5.67. The van der Waals surface area contributed by atoms with E-state index in [1.807, 2.05) is 36.4 Å². The highest BCUT2D eigenvalue weighted by Crippen LogP contribution is 2.30. The van der Waals surface area contributed by atoms with Crippen molar-refractivity contribution in [3.63, 3.8) is 0 Å². The lowest BCUT2D eigenvalue weighted by molar-refractivity contribution is 0.297. The van der Waals surface area contributed by atoms with Crippen molar-refractivity contribution in [3.8, 4) is 11.5 Å². The number of aromatic nitrogens is 1. The normalized spacial score (nSPS) is 13.7. The van der Waals surface area contributed by atoms with Crippen molar-refractivity contribution >= 4 is 5.82 Å². The molecule has 2 aromatic rings. The first-order valence-corrected chi connectivity index (χ1v) is 6.45. The van der Waals surface area contributed by atoms with Crippen molar-refractivity contribution in [2.75, 3.05) is 18.5 Å². The van der Waals surface area contributed by atoms with Crippen molar-refractivity contribution < 1.29 is 9.47 Å². The number of hydrogen-bond donors (Lipinski definition) is 1. The van der Waals surface area contributed by atoms with Crippen LogP contribution in [0.15, 0.2) is 42.6 Å². The summed E-state index contributed by atoms with van der Waals surface area (Å²) in [5.74, 6) is 2.53. The number of ether oxygens (including phenoxy) is 2. The lowest BCUT2D eigenvalue weighted by Gasteiger charge is -2.10. The molecule has 3 rings (SSSR count). The van der Waals surface area contributed by atoms with Crippen molar-refractivity contribution in [3.05, 3.63) is 48.2 Å². The molecule has 0 amide bonds. The Morgan fingerprint density at radius 1 is 1.05 bits per heavy atom. The molecule has 0 saturated heterocycles. The summed E-state index contributed by atoms with van der Waals surface area (Å²) in [7, 11) is 0. The monoisotopic (exact) mass is 256 g/mol. The third-order valence-corrected chi connectivity index (χ3v) is 2.95. The van der Waals surface area contributed by atoms with Crippen LogP contribution in [-0.2, 0) is 6.54 Å². The van der Waals surface area contributed by atoms with E-state index in [0.717, 1.165) is 35.9 Å². The summed E-state index contributed by atoms with van der Waals surface area (Å²) in [6.07, 6.45) is 2.70. The molecule has 19 heavy (non-hydrogen) atoms. The molecule has 0 radical (unpaired) electrons. The zero-order valence-corrected chi connectivity index (χ0v) is 10.6. The Labute approximate surface area is 112 Å². The highest BCUT2D eigenvalue weighted by molar-refractivity contribution is 5.44. The van der Waals surface area contributed by atoms with Crippen LogP contribution >= 0.6 is 0 Å². The minimum absolute atomic E-state index is 0.712. The van der Waals surface area contributed by atoms with Crippen molar-refractivity contribution in [2.24, 2.45) is 0 Å². The van der Waals surface area contributed by atoms with Gasteiger partial charge in [0.15, 0.2) is 11.5 Å². The van der Waals surface area contributed by atoms with E-state index in [-0.39, 0.29) is 0 Å². The number of rotatable bonds is 3. The Balaban J connectivity index is 1.70. The summed E-state index contributed by atoms with van der Waals surface area (Å²) in [6, 6.07) is 11.8. The van der Waals surface area contributed by atoms with Gasteiger partial charge >= 0.3 is 0 Å². The van der Waals surface area contributed by atoms with Crippen LogP contribution in [0.1, 0.15) is 12.0 Å². The van der Waals surface area contributed by atoms with Gasteiger partial charge in [0.05, 0.1) is 13.2 Å². The van der Waals surface area contributed by atoms with E-state index in [1.165, 1.54) is 0 Å². The number of nitrogens with zero attached hydrogens (tertiary/aromatic N) is 1. The van der Waals surface area contributed by atoms with Crippen LogP contribution in [0.25, 0.3) is 0 Å². The highest BCUT2D eigenvalue weighted by Gasteiger charge is 2.10. The average Bonchev–Trinajstić information content (AvgIpc) is 2.71. The molecule has 0 bridgehead atoms. The standard InChI is InChI=1S/C15H16N2O2/c1-2-7-16-15(4-1)17-11-12-5-6-13-14(10-12)19-9-3-8-18-13/h1-2,4-7,10H,3,8-9,11H2,(H,16,17). The first kappa shape index (κ1) is 11.8. The van der Waals surface area contributed by atoms with E-state index in [2.05, 4.69) is 10.3 Å². The van der Waals surface area contributed by atoms with E-state index in [1.54, 1.807) is 6.20 Å². The molecule has 1 aliphatic rings. The van der Waals surface area contributed by atoms with Gasteiger partial charge in [-0.25, -0.2) is 4.98 Å². The zero-order chi connectivity index (χ0) is 12.9. The Bertz CT molecular complexity index is 543. The maximum Gasteiger partial charge on any atom is 0.161 e. The SMILES string of the molecule is c1ccc(NCc2ccc3c(c2)OCCCO3)nc1. The zero-order valence-electron chi connectivity index (χ0n) is 10.6. The predicted octanol–water partition coefficient (Wildman–Crippen LogP) is 2.86. The van der Waals surface area contributed by atoms with Gasteiger partial charge in [-0.05, 0) is 29.8 Å². The Morgan fingerprint density at radius 2 is 1.95 bits per heavy atom. The molecule has 0 spiro atoms. The largest absolute Gasteiger partial charge is 0.490 e. The highest BCUT2D eigenvalue weighted by atomic mass is 16.5. The summed E-state index contributed by atoms with van der Waals surface area (Å²) >= 11 is 0. The van der Waals surface area contributed by atoms with Crippen LogP contribution in [0.3, 0.4) is 0 Å². The molecular weight excluding hydrogens is 240 g/mol. The predicted molar refractivity (Wildman–Crippen MR) is 73.6 cm³/mol. The lowest BCUT2D eigenvalue weighted by atomic mass is 10.2. The Morgan fingerprint density at radius 3 is 2.79 bits per heavy atom. The second-order valence-corrected chi connectivity index (χ2v) is 4.40. The molecule has 4 nitrogen and oxygen atoms in total. The maximum atomic E-state index is 5.67. The van der Waals surface area contributed by atoms with Gasteiger partial charge in [-0.1, -0.05) is 12.1 Å². The molecule has 1 aromatic heterocycles. The molecule has 2 heterocycles. The molecule has 0 unspecified atom stereocenters. The number of anilines is 1. The van der Waals surface area contributed by atoms with Crippen LogP contribution in [0.5, 0.6) is 11.5 Å². The summed E-state index contributed by atoms with van der Waals surface area (Å²) in [5.41, 5.74) is 1.15. The van der Waals surface area contributed by atoms with E-state index in [9.17, 15) is 0 Å². The van der Waals surface area contributed by atoms with Gasteiger partial charge in [-0.15, -0.1) is 0 Å². The smallest absolute Gasteiger partial charge is 0.161 e. The van der Waals surface area contributed by atoms with Crippen LogP contribution in [0.2, 0.25) is 0 Å². The number of fused-ring (bicyclic) bond motifs is 1. The molecule has 0 saturated carbocycles. The molecular formula is C15H16N2O2. The quantitative estimate of drug-likeness (QED) is 0.917. The van der Waals surface area contributed by atoms with Crippen LogP contribution in [0, 0.1) is 0 Å². The fourth-order valence-corrected chi connectivity index (χ4v) is 1.98. The summed E-state index contributed by atoms with van der Waals surface area (Å²) in [4.78, 5) is 4.23.